The van der Waals surface area contributed by atoms with Crippen LogP contribution in [0.1, 0.15) is 22.4 Å². The van der Waals surface area contributed by atoms with Crippen LogP contribution in [0, 0.1) is 0 Å². The van der Waals surface area contributed by atoms with Crippen molar-refractivity contribution in [1.29, 1.82) is 0 Å². The number of nitrogens with zero attached hydrogens (tertiary/aromatic N) is 2. The van der Waals surface area contributed by atoms with Crippen LogP contribution in [0.25, 0.3) is 31.9 Å². The van der Waals surface area contributed by atoms with Crippen molar-refractivity contribution >= 4 is 43.8 Å². The Balaban J connectivity index is 1.44. The summed E-state index contributed by atoms with van der Waals surface area (Å²) in [6, 6.07) is 6.54. The van der Waals surface area contributed by atoms with E-state index in [2.05, 4.69) is 20.9 Å². The third-order valence-electron chi connectivity index (χ3n) is 6.19. The molecule has 1 aliphatic rings. The van der Waals surface area contributed by atoms with Crippen molar-refractivity contribution in [1.82, 2.24) is 20.6 Å². The first-order valence-corrected chi connectivity index (χ1v) is 13.7. The predicted molar refractivity (Wildman–Crippen MR) is 145 cm³/mol. The third-order valence-corrected chi connectivity index (χ3v) is 8.39. The number of amides is 1. The van der Waals surface area contributed by atoms with E-state index in [9.17, 15) is 18.0 Å². The summed E-state index contributed by atoms with van der Waals surface area (Å²) in [6.45, 7) is 3.38. The first kappa shape index (κ1) is 26.7. The molecule has 38 heavy (non-hydrogen) atoms. The van der Waals surface area contributed by atoms with Gasteiger partial charge in [0.2, 0.25) is 5.91 Å². The Morgan fingerprint density at radius 2 is 2.03 bits per heavy atom. The molecule has 0 radical (unpaired) electrons. The van der Waals surface area contributed by atoms with Gasteiger partial charge in [-0.25, -0.2) is 4.98 Å². The van der Waals surface area contributed by atoms with Crippen LogP contribution in [-0.2, 0) is 28.7 Å². The summed E-state index contributed by atoms with van der Waals surface area (Å²) >= 11 is 3.07. The molecule has 200 valence electrons. The van der Waals surface area contributed by atoms with Crippen molar-refractivity contribution < 1.29 is 22.7 Å². The lowest BCUT2D eigenvalue weighted by molar-refractivity contribution is -0.137. The number of ether oxygens (including phenoxy) is 1. The maximum atomic E-state index is 13.2. The molecular formula is C26H26F3N5O2S2. The van der Waals surface area contributed by atoms with Gasteiger partial charge in [-0.2, -0.15) is 13.2 Å². The van der Waals surface area contributed by atoms with Gasteiger partial charge in [0.25, 0.3) is 0 Å². The van der Waals surface area contributed by atoms with Crippen molar-refractivity contribution in [3.63, 3.8) is 0 Å². The van der Waals surface area contributed by atoms with Gasteiger partial charge in [0.1, 0.15) is 10.0 Å². The Bertz CT molecular complexity index is 1450. The molecule has 0 bridgehead atoms. The van der Waals surface area contributed by atoms with Crippen LogP contribution in [0.15, 0.2) is 36.7 Å². The second kappa shape index (κ2) is 11.5. The van der Waals surface area contributed by atoms with Gasteiger partial charge in [0.05, 0.1) is 22.4 Å². The number of nitrogens with one attached hydrogen (secondary N) is 3. The van der Waals surface area contributed by atoms with E-state index in [-0.39, 0.29) is 5.91 Å². The Kier molecular flexibility index (Phi) is 8.05. The Hall–Kier alpha value is -2.90. The number of pyridine rings is 1. The van der Waals surface area contributed by atoms with Gasteiger partial charge >= 0.3 is 6.18 Å². The number of thiazole rings is 1. The highest BCUT2D eigenvalue weighted by Crippen LogP contribution is 2.45. The summed E-state index contributed by atoms with van der Waals surface area (Å²) in [7, 11) is 1.63. The number of benzene rings is 1. The molecule has 1 amide bonds. The van der Waals surface area contributed by atoms with E-state index in [1.54, 1.807) is 30.6 Å². The van der Waals surface area contributed by atoms with E-state index >= 15 is 0 Å². The molecule has 3 aromatic heterocycles. The summed E-state index contributed by atoms with van der Waals surface area (Å²) in [6.07, 6.45) is -1.06. The molecule has 0 saturated carbocycles. The minimum absolute atomic E-state index is 0.0804. The number of fused-ring (bicyclic) bond motifs is 2. The fraction of sp³-hybridized carbons (Fsp3) is 0.346. The fourth-order valence-electron chi connectivity index (χ4n) is 4.31. The third kappa shape index (κ3) is 5.89. The molecule has 0 aliphatic carbocycles. The molecule has 12 heteroatoms. The fourth-order valence-corrected chi connectivity index (χ4v) is 6.63. The highest BCUT2D eigenvalue weighted by molar-refractivity contribution is 7.23. The summed E-state index contributed by atoms with van der Waals surface area (Å²) in [4.78, 5) is 22.5. The number of halogens is 3. The van der Waals surface area contributed by atoms with Gasteiger partial charge in [-0.05, 0) is 42.3 Å². The summed E-state index contributed by atoms with van der Waals surface area (Å²) < 4.78 is 45.5. The number of hydrogen-bond acceptors (Lipinski definition) is 8. The normalized spacial score (nSPS) is 13.6. The highest BCUT2D eigenvalue weighted by atomic mass is 32.1. The molecule has 3 N–H and O–H groups in total. The SMILES string of the molecule is COCCNCCC(=O)Nc1sc2c(c1-c1nc3cc(-c4cncc(C(F)(F)F)c4)ccc3s1)CCNC2. The Morgan fingerprint density at radius 3 is 2.84 bits per heavy atom. The van der Waals surface area contributed by atoms with Gasteiger partial charge in [-0.15, -0.1) is 22.7 Å². The molecule has 5 rings (SSSR count). The molecule has 1 aliphatic heterocycles. The first-order valence-electron chi connectivity index (χ1n) is 12.1. The van der Waals surface area contributed by atoms with Gasteiger partial charge in [0, 0.05) is 61.6 Å². The lowest BCUT2D eigenvalue weighted by atomic mass is 10.0. The largest absolute Gasteiger partial charge is 0.417 e. The molecule has 0 fully saturated rings. The van der Waals surface area contributed by atoms with Crippen LogP contribution in [0.3, 0.4) is 0 Å². The highest BCUT2D eigenvalue weighted by Gasteiger charge is 2.31. The average molecular weight is 562 g/mol. The second-order valence-electron chi connectivity index (χ2n) is 8.84. The van der Waals surface area contributed by atoms with Crippen LogP contribution in [0.5, 0.6) is 0 Å². The van der Waals surface area contributed by atoms with E-state index in [0.717, 1.165) is 52.0 Å². The van der Waals surface area contributed by atoms with Gasteiger partial charge in [-0.1, -0.05) is 6.07 Å². The van der Waals surface area contributed by atoms with E-state index in [4.69, 9.17) is 9.72 Å². The monoisotopic (exact) mass is 561 g/mol. The summed E-state index contributed by atoms with van der Waals surface area (Å²) in [5.41, 5.74) is 3.01. The lowest BCUT2D eigenvalue weighted by Gasteiger charge is -2.13. The van der Waals surface area contributed by atoms with Gasteiger partial charge in [0.15, 0.2) is 0 Å². The zero-order valence-corrected chi connectivity index (χ0v) is 22.2. The van der Waals surface area contributed by atoms with Gasteiger partial charge < -0.3 is 20.7 Å². The van der Waals surface area contributed by atoms with E-state index < -0.39 is 11.7 Å². The molecule has 0 saturated heterocycles. The van der Waals surface area contributed by atoms with Crippen LogP contribution in [0.2, 0.25) is 0 Å². The maximum absolute atomic E-state index is 13.2. The van der Waals surface area contributed by atoms with Crippen molar-refractivity contribution in [2.45, 2.75) is 25.6 Å². The standard InChI is InChI=1S/C26H26F3N5O2S2/c1-36-9-8-30-7-5-22(35)34-25-23(18-4-6-31-14-21(18)38-25)24-33-19-11-15(2-3-20(19)37-24)16-10-17(13-32-12-16)26(27,28)29/h2-3,10-13,30-31H,4-9,14H2,1H3,(H,34,35). The molecule has 4 heterocycles. The average Bonchev–Trinajstić information content (AvgIpc) is 3.48. The number of carbonyl (C=O) groups excluding carboxylic acids is 1. The van der Waals surface area contributed by atoms with Gasteiger partial charge in [-0.3, -0.25) is 9.78 Å². The quantitative estimate of drug-likeness (QED) is 0.240. The Labute approximate surface area is 225 Å². The number of aromatic nitrogens is 2. The smallest absolute Gasteiger partial charge is 0.383 e. The van der Waals surface area contributed by atoms with Crippen LogP contribution in [0.4, 0.5) is 18.2 Å². The number of carbonyl (C=O) groups is 1. The molecule has 1 aromatic carbocycles. The van der Waals surface area contributed by atoms with Crippen LogP contribution >= 0.6 is 22.7 Å². The minimum Gasteiger partial charge on any atom is -0.383 e. The van der Waals surface area contributed by atoms with Crippen LogP contribution < -0.4 is 16.0 Å². The second-order valence-corrected chi connectivity index (χ2v) is 11.0. The number of hydrogen-bond donors (Lipinski definition) is 3. The lowest BCUT2D eigenvalue weighted by Crippen LogP contribution is -2.24. The topological polar surface area (TPSA) is 88.2 Å². The number of alkyl halides is 3. The van der Waals surface area contributed by atoms with E-state index in [1.165, 1.54) is 28.0 Å². The Morgan fingerprint density at radius 1 is 1.16 bits per heavy atom. The van der Waals surface area contributed by atoms with Crippen LogP contribution in [-0.4, -0.2) is 49.2 Å². The van der Waals surface area contributed by atoms with Crippen molar-refractivity contribution in [3.8, 4) is 21.7 Å². The summed E-state index contributed by atoms with van der Waals surface area (Å²) in [5.74, 6) is -0.0804. The molecule has 0 spiro atoms. The zero-order valence-electron chi connectivity index (χ0n) is 20.6. The van der Waals surface area contributed by atoms with Crippen molar-refractivity contribution in [3.05, 3.63) is 52.7 Å². The molecule has 0 atom stereocenters. The van der Waals surface area contributed by atoms with Crippen molar-refractivity contribution in [2.75, 3.05) is 38.7 Å². The van der Waals surface area contributed by atoms with E-state index in [1.807, 2.05) is 6.07 Å². The predicted octanol–water partition coefficient (Wildman–Crippen LogP) is 5.32. The first-order chi connectivity index (χ1) is 18.3. The zero-order chi connectivity index (χ0) is 26.7. The minimum atomic E-state index is -4.46. The van der Waals surface area contributed by atoms with Crippen molar-refractivity contribution in [2.24, 2.45) is 0 Å². The number of methoxy groups -OCH3 is 1. The molecule has 0 unspecified atom stereocenters. The maximum Gasteiger partial charge on any atom is 0.417 e. The summed E-state index contributed by atoms with van der Waals surface area (Å²) in [5, 5.41) is 11.2. The number of anilines is 1. The number of thiophene rings is 1. The molecule has 7 nitrogen and oxygen atoms in total. The molecular weight excluding hydrogens is 535 g/mol. The number of rotatable bonds is 9. The molecule has 4 aromatic rings. The van der Waals surface area contributed by atoms with E-state index in [0.29, 0.717) is 42.8 Å².